The molecule has 1 rings (SSSR count). The van der Waals surface area contributed by atoms with Crippen molar-refractivity contribution in [3.63, 3.8) is 0 Å². The van der Waals surface area contributed by atoms with E-state index in [2.05, 4.69) is 0 Å². The van der Waals surface area contributed by atoms with Gasteiger partial charge in [0, 0.05) is 11.3 Å². The van der Waals surface area contributed by atoms with Gasteiger partial charge in [-0.2, -0.15) is 0 Å². The summed E-state index contributed by atoms with van der Waals surface area (Å²) in [6.07, 6.45) is 0.451. The molecule has 1 atom stereocenters. The molecular weight excluding hydrogens is 224 g/mol. The smallest absolute Gasteiger partial charge is 0.316 e. The van der Waals surface area contributed by atoms with Crippen molar-refractivity contribution in [1.82, 2.24) is 0 Å². The Morgan fingerprint density at radius 1 is 1.50 bits per heavy atom. The third-order valence-electron chi connectivity index (χ3n) is 2.25. The van der Waals surface area contributed by atoms with E-state index in [0.29, 0.717) is 13.0 Å². The third kappa shape index (κ3) is 3.45. The molecule has 88 valence electrons. The summed E-state index contributed by atoms with van der Waals surface area (Å²) in [5.41, 5.74) is 1.16. The van der Waals surface area contributed by atoms with Gasteiger partial charge >= 0.3 is 5.97 Å². The number of aryl methyl sites for hydroxylation is 1. The van der Waals surface area contributed by atoms with Crippen molar-refractivity contribution in [2.24, 2.45) is 5.92 Å². The Bertz CT molecular complexity index is 381. The number of carbonyl (C=O) groups is 2. The summed E-state index contributed by atoms with van der Waals surface area (Å²) in [5.74, 6) is -1.21. The van der Waals surface area contributed by atoms with E-state index >= 15 is 0 Å². The van der Waals surface area contributed by atoms with Crippen LogP contribution in [0, 0.1) is 12.8 Å². The van der Waals surface area contributed by atoms with Crippen LogP contribution in [-0.2, 0) is 20.7 Å². The fourth-order valence-electron chi connectivity index (χ4n) is 1.43. The average Bonchev–Trinajstić information content (AvgIpc) is 2.60. The molecule has 0 spiro atoms. The van der Waals surface area contributed by atoms with E-state index in [0.717, 1.165) is 10.4 Å². The van der Waals surface area contributed by atoms with Gasteiger partial charge in [0.25, 0.3) is 0 Å². The predicted molar refractivity (Wildman–Crippen MR) is 63.6 cm³/mol. The minimum Gasteiger partial charge on any atom is -0.465 e. The first kappa shape index (κ1) is 12.9. The van der Waals surface area contributed by atoms with Gasteiger partial charge in [-0.25, -0.2) is 0 Å². The van der Waals surface area contributed by atoms with E-state index < -0.39 is 11.9 Å². The van der Waals surface area contributed by atoms with E-state index in [1.165, 1.54) is 6.92 Å². The van der Waals surface area contributed by atoms with Gasteiger partial charge in [-0.05, 0) is 37.8 Å². The maximum absolute atomic E-state index is 11.6. The van der Waals surface area contributed by atoms with Gasteiger partial charge in [-0.1, -0.05) is 0 Å². The highest BCUT2D eigenvalue weighted by Gasteiger charge is 2.25. The molecule has 0 saturated heterocycles. The molecular formula is C12H16O3S. The molecule has 0 fully saturated rings. The summed E-state index contributed by atoms with van der Waals surface area (Å²) >= 11 is 1.57. The molecule has 0 aliphatic heterocycles. The number of thiophene rings is 1. The van der Waals surface area contributed by atoms with Gasteiger partial charge in [-0.3, -0.25) is 9.59 Å². The summed E-state index contributed by atoms with van der Waals surface area (Å²) in [6, 6.07) is 2.00. The second-order valence-corrected chi connectivity index (χ2v) is 4.71. The Hall–Kier alpha value is -1.16. The standard InChI is InChI=1S/C12H16O3S/c1-4-15-12(14)11(9(3)13)6-10-5-8(2)7-16-10/h5,7,11H,4,6H2,1-3H3. The van der Waals surface area contributed by atoms with Crippen molar-refractivity contribution in [3.05, 3.63) is 21.9 Å². The Balaban J connectivity index is 2.72. The summed E-state index contributed by atoms with van der Waals surface area (Å²) < 4.78 is 4.89. The van der Waals surface area contributed by atoms with E-state index in [-0.39, 0.29) is 5.78 Å². The molecule has 0 aromatic carbocycles. The first-order valence-electron chi connectivity index (χ1n) is 5.25. The van der Waals surface area contributed by atoms with Crippen molar-refractivity contribution in [2.45, 2.75) is 27.2 Å². The van der Waals surface area contributed by atoms with Crippen LogP contribution in [0.3, 0.4) is 0 Å². The fraction of sp³-hybridized carbons (Fsp3) is 0.500. The Kier molecular flexibility index (Phi) is 4.68. The molecule has 3 nitrogen and oxygen atoms in total. The van der Waals surface area contributed by atoms with Gasteiger partial charge in [0.2, 0.25) is 0 Å². The molecule has 0 saturated carbocycles. The summed E-state index contributed by atoms with van der Waals surface area (Å²) in [5, 5.41) is 2.01. The Morgan fingerprint density at radius 2 is 2.19 bits per heavy atom. The highest BCUT2D eigenvalue weighted by atomic mass is 32.1. The first-order chi connectivity index (χ1) is 7.54. The molecule has 0 radical (unpaired) electrons. The van der Waals surface area contributed by atoms with E-state index in [1.807, 2.05) is 18.4 Å². The number of ketones is 1. The monoisotopic (exact) mass is 240 g/mol. The SMILES string of the molecule is CCOC(=O)C(Cc1cc(C)cs1)C(C)=O. The number of hydrogen-bond acceptors (Lipinski definition) is 4. The average molecular weight is 240 g/mol. The van der Waals surface area contributed by atoms with Gasteiger partial charge in [-0.15, -0.1) is 11.3 Å². The van der Waals surface area contributed by atoms with Crippen LogP contribution in [0.4, 0.5) is 0 Å². The minimum atomic E-state index is -0.655. The summed E-state index contributed by atoms with van der Waals surface area (Å²) in [6.45, 7) is 5.48. The lowest BCUT2D eigenvalue weighted by Crippen LogP contribution is -2.26. The molecule has 1 unspecified atom stereocenters. The summed E-state index contributed by atoms with van der Waals surface area (Å²) in [4.78, 5) is 24.0. The fourth-order valence-corrected chi connectivity index (χ4v) is 2.36. The number of hydrogen-bond donors (Lipinski definition) is 0. The highest BCUT2D eigenvalue weighted by molar-refractivity contribution is 7.10. The number of ether oxygens (including phenoxy) is 1. The lowest BCUT2D eigenvalue weighted by Gasteiger charge is -2.11. The molecule has 0 N–H and O–H groups in total. The molecule has 1 heterocycles. The van der Waals surface area contributed by atoms with Crippen LogP contribution in [0.2, 0.25) is 0 Å². The zero-order valence-corrected chi connectivity index (χ0v) is 10.6. The van der Waals surface area contributed by atoms with E-state index in [9.17, 15) is 9.59 Å². The third-order valence-corrected chi connectivity index (χ3v) is 3.33. The normalized spacial score (nSPS) is 12.2. The van der Waals surface area contributed by atoms with Crippen LogP contribution in [0.25, 0.3) is 0 Å². The van der Waals surface area contributed by atoms with Gasteiger partial charge < -0.3 is 4.74 Å². The molecule has 4 heteroatoms. The second kappa shape index (κ2) is 5.80. The van der Waals surface area contributed by atoms with E-state index in [1.54, 1.807) is 18.3 Å². The van der Waals surface area contributed by atoms with Crippen LogP contribution < -0.4 is 0 Å². The minimum absolute atomic E-state index is 0.135. The van der Waals surface area contributed by atoms with Gasteiger partial charge in [0.05, 0.1) is 6.61 Å². The van der Waals surface area contributed by atoms with Gasteiger partial charge in [0.1, 0.15) is 11.7 Å². The molecule has 1 aromatic rings. The molecule has 0 bridgehead atoms. The van der Waals surface area contributed by atoms with Crippen molar-refractivity contribution < 1.29 is 14.3 Å². The molecule has 0 amide bonds. The van der Waals surface area contributed by atoms with Crippen LogP contribution in [0.15, 0.2) is 11.4 Å². The van der Waals surface area contributed by atoms with Crippen LogP contribution in [-0.4, -0.2) is 18.4 Å². The molecule has 16 heavy (non-hydrogen) atoms. The number of esters is 1. The van der Waals surface area contributed by atoms with Crippen molar-refractivity contribution in [2.75, 3.05) is 6.61 Å². The highest BCUT2D eigenvalue weighted by Crippen LogP contribution is 2.19. The largest absolute Gasteiger partial charge is 0.465 e. The van der Waals surface area contributed by atoms with E-state index in [4.69, 9.17) is 4.74 Å². The maximum Gasteiger partial charge on any atom is 0.316 e. The van der Waals surface area contributed by atoms with Gasteiger partial charge in [0.15, 0.2) is 0 Å². The Morgan fingerprint density at radius 3 is 2.62 bits per heavy atom. The molecule has 0 aliphatic carbocycles. The lowest BCUT2D eigenvalue weighted by molar-refractivity contribution is -0.151. The molecule has 1 aromatic heterocycles. The number of Topliss-reactive ketones (excluding diaryl/α,β-unsaturated/α-hetero) is 1. The second-order valence-electron chi connectivity index (χ2n) is 3.71. The summed E-state index contributed by atoms with van der Waals surface area (Å²) in [7, 11) is 0. The van der Waals surface area contributed by atoms with Crippen LogP contribution >= 0.6 is 11.3 Å². The quantitative estimate of drug-likeness (QED) is 0.586. The van der Waals surface area contributed by atoms with Crippen molar-refractivity contribution >= 4 is 23.1 Å². The first-order valence-corrected chi connectivity index (χ1v) is 6.13. The Labute approximate surface area is 99.4 Å². The van der Waals surface area contributed by atoms with Crippen molar-refractivity contribution in [1.29, 1.82) is 0 Å². The maximum atomic E-state index is 11.6. The molecule has 0 aliphatic rings. The van der Waals surface area contributed by atoms with Crippen LogP contribution in [0.5, 0.6) is 0 Å². The predicted octanol–water partition coefficient (Wildman–Crippen LogP) is 2.37. The number of carbonyl (C=O) groups excluding carboxylic acids is 2. The lowest BCUT2D eigenvalue weighted by atomic mass is 10.0. The van der Waals surface area contributed by atoms with Crippen LogP contribution in [0.1, 0.15) is 24.3 Å². The van der Waals surface area contributed by atoms with Crippen molar-refractivity contribution in [3.8, 4) is 0 Å². The number of rotatable bonds is 5. The topological polar surface area (TPSA) is 43.4 Å². The zero-order valence-electron chi connectivity index (χ0n) is 9.78. The zero-order chi connectivity index (χ0) is 12.1.